The van der Waals surface area contributed by atoms with Crippen LogP contribution in [0.3, 0.4) is 0 Å². The first-order valence-electron chi connectivity index (χ1n) is 8.57. The van der Waals surface area contributed by atoms with Crippen molar-refractivity contribution in [3.8, 4) is 0 Å². The molecule has 8 heteroatoms. The summed E-state index contributed by atoms with van der Waals surface area (Å²) < 4.78 is 27.8. The number of rotatable bonds is 5. The first-order chi connectivity index (χ1) is 11.5. The van der Waals surface area contributed by atoms with Crippen molar-refractivity contribution in [3.05, 3.63) is 29.8 Å². The fourth-order valence-corrected chi connectivity index (χ4v) is 4.82. The molecule has 1 unspecified atom stereocenters. The van der Waals surface area contributed by atoms with Gasteiger partial charge in [0.2, 0.25) is 10.0 Å². The fourth-order valence-electron chi connectivity index (χ4n) is 3.47. The molecule has 2 aliphatic rings. The van der Waals surface area contributed by atoms with Crippen molar-refractivity contribution in [2.24, 2.45) is 0 Å². The molecule has 1 saturated carbocycles. The molecule has 2 fully saturated rings. The predicted molar refractivity (Wildman–Crippen MR) is 99.6 cm³/mol. The molecule has 2 N–H and O–H groups in total. The molecule has 0 radical (unpaired) electrons. The second-order valence-electron chi connectivity index (χ2n) is 6.69. The number of nitrogens with one attached hydrogen (secondary N) is 2. The van der Waals surface area contributed by atoms with Gasteiger partial charge in [-0.25, -0.2) is 13.1 Å². The molecule has 0 aromatic heterocycles. The zero-order valence-corrected chi connectivity index (χ0v) is 16.0. The molecule has 1 saturated heterocycles. The van der Waals surface area contributed by atoms with Gasteiger partial charge in [-0.05, 0) is 44.0 Å². The number of amides is 1. The Labute approximate surface area is 155 Å². The van der Waals surface area contributed by atoms with Gasteiger partial charge in [-0.3, -0.25) is 4.79 Å². The van der Waals surface area contributed by atoms with Gasteiger partial charge in [0.1, 0.15) is 0 Å². The largest absolute Gasteiger partial charge is 0.337 e. The normalized spacial score (nSPS) is 21.1. The number of sulfonamides is 1. The van der Waals surface area contributed by atoms with Crippen molar-refractivity contribution in [2.75, 3.05) is 20.1 Å². The SMILES string of the molecule is CN(C(=O)c1cccc(S(=O)(=O)NC2CCCC2)c1)C1CCNC1.Cl. The Bertz CT molecular complexity index is 699. The Morgan fingerprint density at radius 1 is 1.24 bits per heavy atom. The summed E-state index contributed by atoms with van der Waals surface area (Å²) in [6.07, 6.45) is 4.81. The van der Waals surface area contributed by atoms with Crippen molar-refractivity contribution in [1.82, 2.24) is 14.9 Å². The van der Waals surface area contributed by atoms with E-state index in [1.165, 1.54) is 6.07 Å². The van der Waals surface area contributed by atoms with Crippen LogP contribution in [0, 0.1) is 0 Å². The van der Waals surface area contributed by atoms with Crippen LogP contribution >= 0.6 is 12.4 Å². The second-order valence-corrected chi connectivity index (χ2v) is 8.41. The summed E-state index contributed by atoms with van der Waals surface area (Å²) in [6, 6.07) is 6.52. The van der Waals surface area contributed by atoms with E-state index < -0.39 is 10.0 Å². The lowest BCUT2D eigenvalue weighted by Gasteiger charge is -2.24. The van der Waals surface area contributed by atoms with Crippen LogP contribution in [0.15, 0.2) is 29.2 Å². The van der Waals surface area contributed by atoms with Crippen molar-refractivity contribution < 1.29 is 13.2 Å². The van der Waals surface area contributed by atoms with Crippen LogP contribution in [0.1, 0.15) is 42.5 Å². The third kappa shape index (κ3) is 4.73. The molecule has 1 atom stereocenters. The van der Waals surface area contributed by atoms with Crippen LogP contribution in [-0.4, -0.2) is 51.4 Å². The molecule has 1 aromatic carbocycles. The Kier molecular flexibility index (Phi) is 6.85. The number of likely N-dealkylation sites (N-methyl/N-ethyl adjacent to an activating group) is 1. The van der Waals surface area contributed by atoms with Crippen molar-refractivity contribution in [2.45, 2.75) is 49.1 Å². The number of carbonyl (C=O) groups is 1. The first-order valence-corrected chi connectivity index (χ1v) is 10.1. The third-order valence-corrected chi connectivity index (χ3v) is 6.49. The average Bonchev–Trinajstić information content (AvgIpc) is 3.26. The van der Waals surface area contributed by atoms with Crippen LogP contribution in [0.2, 0.25) is 0 Å². The zero-order valence-electron chi connectivity index (χ0n) is 14.4. The molecule has 25 heavy (non-hydrogen) atoms. The number of hydrogen-bond acceptors (Lipinski definition) is 4. The maximum absolute atomic E-state index is 12.6. The summed E-state index contributed by atoms with van der Waals surface area (Å²) in [7, 11) is -1.80. The number of nitrogens with zero attached hydrogens (tertiary/aromatic N) is 1. The molecule has 3 rings (SSSR count). The standard InChI is InChI=1S/C17H25N3O3S.ClH/c1-20(15-9-10-18-12-15)17(21)13-5-4-8-16(11-13)24(22,23)19-14-6-2-3-7-14;/h4-5,8,11,14-15,18-19H,2-3,6-7,9-10,12H2,1H3;1H. The first kappa shape index (κ1) is 20.2. The lowest BCUT2D eigenvalue weighted by molar-refractivity contribution is 0.0743. The van der Waals surface area contributed by atoms with Gasteiger partial charge in [0.15, 0.2) is 0 Å². The van der Waals surface area contributed by atoms with Gasteiger partial charge in [-0.15, -0.1) is 12.4 Å². The molecule has 140 valence electrons. The van der Waals surface area contributed by atoms with E-state index in [9.17, 15) is 13.2 Å². The third-order valence-electron chi connectivity index (χ3n) is 4.97. The molecule has 1 heterocycles. The van der Waals surface area contributed by atoms with Crippen LogP contribution in [0.25, 0.3) is 0 Å². The van der Waals surface area contributed by atoms with E-state index in [1.54, 1.807) is 30.1 Å². The van der Waals surface area contributed by atoms with E-state index in [-0.39, 0.29) is 35.3 Å². The molecule has 6 nitrogen and oxygen atoms in total. The maximum atomic E-state index is 12.6. The van der Waals surface area contributed by atoms with Crippen LogP contribution in [-0.2, 0) is 10.0 Å². The number of benzene rings is 1. The monoisotopic (exact) mass is 387 g/mol. The second kappa shape index (κ2) is 8.49. The van der Waals surface area contributed by atoms with Gasteiger partial charge in [0.25, 0.3) is 5.91 Å². The summed E-state index contributed by atoms with van der Waals surface area (Å²) in [5.74, 6) is -0.137. The van der Waals surface area contributed by atoms with Gasteiger partial charge in [0.05, 0.1) is 4.90 Å². The van der Waals surface area contributed by atoms with E-state index >= 15 is 0 Å². The zero-order chi connectivity index (χ0) is 17.2. The Hall–Kier alpha value is -1.15. The smallest absolute Gasteiger partial charge is 0.253 e. The molecule has 1 aliphatic carbocycles. The van der Waals surface area contributed by atoms with Gasteiger partial charge >= 0.3 is 0 Å². The van der Waals surface area contributed by atoms with Crippen LogP contribution in [0.4, 0.5) is 0 Å². The molecular formula is C17H26ClN3O3S. The predicted octanol–water partition coefficient (Wildman–Crippen LogP) is 1.76. The van der Waals surface area contributed by atoms with Crippen molar-refractivity contribution in [1.29, 1.82) is 0 Å². The highest BCUT2D eigenvalue weighted by molar-refractivity contribution is 7.89. The highest BCUT2D eigenvalue weighted by Crippen LogP contribution is 2.21. The van der Waals surface area contributed by atoms with Crippen LogP contribution in [0.5, 0.6) is 0 Å². The summed E-state index contributed by atoms with van der Waals surface area (Å²) >= 11 is 0. The van der Waals surface area contributed by atoms with Gasteiger partial charge in [-0.2, -0.15) is 0 Å². The highest BCUT2D eigenvalue weighted by Gasteiger charge is 2.26. The van der Waals surface area contributed by atoms with E-state index in [0.29, 0.717) is 5.56 Å². The Balaban J connectivity index is 0.00000225. The molecular weight excluding hydrogens is 362 g/mol. The average molecular weight is 388 g/mol. The Morgan fingerprint density at radius 2 is 1.96 bits per heavy atom. The minimum absolute atomic E-state index is 0. The summed E-state index contributed by atoms with van der Waals surface area (Å²) in [5, 5.41) is 3.24. The quantitative estimate of drug-likeness (QED) is 0.807. The lowest BCUT2D eigenvalue weighted by Crippen LogP contribution is -2.38. The molecule has 0 bridgehead atoms. The Morgan fingerprint density at radius 3 is 2.60 bits per heavy atom. The number of halogens is 1. The van der Waals surface area contributed by atoms with Gasteiger partial charge in [-0.1, -0.05) is 18.9 Å². The van der Waals surface area contributed by atoms with E-state index in [0.717, 1.165) is 45.2 Å². The maximum Gasteiger partial charge on any atom is 0.253 e. The number of hydrogen-bond donors (Lipinski definition) is 2. The molecule has 1 amide bonds. The van der Waals surface area contributed by atoms with Gasteiger partial charge in [0, 0.05) is 31.2 Å². The molecule has 1 aromatic rings. The van der Waals surface area contributed by atoms with Gasteiger partial charge < -0.3 is 10.2 Å². The summed E-state index contributed by atoms with van der Waals surface area (Å²) in [6.45, 7) is 1.69. The van der Waals surface area contributed by atoms with Crippen molar-refractivity contribution >= 4 is 28.3 Å². The minimum atomic E-state index is -3.58. The minimum Gasteiger partial charge on any atom is -0.337 e. The van der Waals surface area contributed by atoms with E-state index in [4.69, 9.17) is 0 Å². The topological polar surface area (TPSA) is 78.5 Å². The van der Waals surface area contributed by atoms with Crippen LogP contribution < -0.4 is 10.0 Å². The number of carbonyl (C=O) groups excluding carboxylic acids is 1. The summed E-state index contributed by atoms with van der Waals surface area (Å²) in [4.78, 5) is 14.5. The molecule has 0 spiro atoms. The van der Waals surface area contributed by atoms with E-state index in [1.807, 2.05) is 0 Å². The fraction of sp³-hybridized carbons (Fsp3) is 0.588. The van der Waals surface area contributed by atoms with E-state index in [2.05, 4.69) is 10.0 Å². The van der Waals surface area contributed by atoms with Crippen molar-refractivity contribution in [3.63, 3.8) is 0 Å². The molecule has 1 aliphatic heterocycles. The summed E-state index contributed by atoms with van der Waals surface area (Å²) in [5.41, 5.74) is 0.415. The lowest BCUT2D eigenvalue weighted by atomic mass is 10.1. The highest BCUT2D eigenvalue weighted by atomic mass is 35.5.